The summed E-state index contributed by atoms with van der Waals surface area (Å²) in [6.45, 7) is 11.5. The fraction of sp³-hybridized carbons (Fsp3) is 0.393. The van der Waals surface area contributed by atoms with Gasteiger partial charge in [0.15, 0.2) is 0 Å². The van der Waals surface area contributed by atoms with Crippen molar-refractivity contribution in [2.75, 3.05) is 19.6 Å². The summed E-state index contributed by atoms with van der Waals surface area (Å²) in [5.74, 6) is -0.0326. The summed E-state index contributed by atoms with van der Waals surface area (Å²) in [7, 11) is 0. The molecule has 1 aromatic rings. The van der Waals surface area contributed by atoms with E-state index in [1.165, 1.54) is 17.4 Å². The predicted octanol–water partition coefficient (Wildman–Crippen LogP) is 6.24. The summed E-state index contributed by atoms with van der Waals surface area (Å²) >= 11 is 14.0. The molecular formula is C28H36Cl2N4O2S. The molecule has 0 saturated heterocycles. The number of allylic oxidation sites excluding steroid dienone is 6. The smallest absolute Gasteiger partial charge is 0.239 e. The van der Waals surface area contributed by atoms with Gasteiger partial charge in [-0.25, -0.2) is 0 Å². The second-order valence-corrected chi connectivity index (χ2v) is 11.0. The van der Waals surface area contributed by atoms with Crippen LogP contribution < -0.4 is 10.6 Å². The van der Waals surface area contributed by atoms with Gasteiger partial charge in [-0.15, -0.1) is 11.8 Å². The summed E-state index contributed by atoms with van der Waals surface area (Å²) < 4.78 is 0. The highest BCUT2D eigenvalue weighted by atomic mass is 35.5. The van der Waals surface area contributed by atoms with Gasteiger partial charge < -0.3 is 15.5 Å². The van der Waals surface area contributed by atoms with Crippen molar-refractivity contribution in [3.05, 3.63) is 85.5 Å². The van der Waals surface area contributed by atoms with Crippen LogP contribution in [-0.4, -0.2) is 41.3 Å². The zero-order chi connectivity index (χ0) is 27.4. The summed E-state index contributed by atoms with van der Waals surface area (Å²) in [6.07, 6.45) is 9.80. The number of halogens is 2. The largest absolute Gasteiger partial charge is 0.366 e. The molecule has 0 unspecified atom stereocenters. The van der Waals surface area contributed by atoms with Gasteiger partial charge in [0, 0.05) is 59.6 Å². The molecule has 0 fully saturated rings. The minimum atomic E-state index is -0.235. The standard InChI is InChI=1S/C28H36Cl2N4O2S/c1-6-23(29)14-24(30)9-12-37-27-18-34(17-22-7-10-31-11-8-22)20(4)26(25(27)13-19(2)3)15-33-28(36)16-32-21(5)35/h6-12,14,19H,13,15-18H2,1-5H3,(H,32,35)(H,33,36)/b12-9+,23-6+,24-14+. The zero-order valence-electron chi connectivity index (χ0n) is 22.1. The molecule has 0 radical (unpaired) electrons. The second-order valence-electron chi connectivity index (χ2n) is 9.09. The van der Waals surface area contributed by atoms with Crippen LogP contribution in [-0.2, 0) is 16.1 Å². The van der Waals surface area contributed by atoms with Gasteiger partial charge in [-0.3, -0.25) is 14.6 Å². The number of carbonyl (C=O) groups excluding carboxylic acids is 2. The number of rotatable bonds is 12. The van der Waals surface area contributed by atoms with Gasteiger partial charge in [0.2, 0.25) is 11.8 Å². The van der Waals surface area contributed by atoms with E-state index < -0.39 is 0 Å². The third kappa shape index (κ3) is 10.8. The summed E-state index contributed by atoms with van der Waals surface area (Å²) in [5, 5.41) is 8.65. The van der Waals surface area contributed by atoms with Crippen LogP contribution in [0.3, 0.4) is 0 Å². The molecule has 9 heteroatoms. The first-order chi connectivity index (χ1) is 17.6. The third-order valence-corrected chi connectivity index (χ3v) is 7.13. The first-order valence-electron chi connectivity index (χ1n) is 12.2. The summed E-state index contributed by atoms with van der Waals surface area (Å²) in [5.41, 5.74) is 4.61. The maximum absolute atomic E-state index is 12.4. The molecule has 0 spiro atoms. The molecule has 200 valence electrons. The molecule has 2 heterocycles. The maximum Gasteiger partial charge on any atom is 0.239 e. The quantitative estimate of drug-likeness (QED) is 0.295. The van der Waals surface area contributed by atoms with Crippen molar-refractivity contribution < 1.29 is 9.59 Å². The molecule has 0 bridgehead atoms. The number of nitrogens with one attached hydrogen (secondary N) is 2. The lowest BCUT2D eigenvalue weighted by Crippen LogP contribution is -2.38. The van der Waals surface area contributed by atoms with E-state index in [0.29, 0.717) is 22.5 Å². The van der Waals surface area contributed by atoms with Crippen molar-refractivity contribution in [1.82, 2.24) is 20.5 Å². The average Bonchev–Trinajstić information content (AvgIpc) is 2.85. The number of aromatic nitrogens is 1. The summed E-state index contributed by atoms with van der Waals surface area (Å²) in [4.78, 5) is 31.3. The minimum absolute atomic E-state index is 0.0461. The second kappa shape index (κ2) is 15.7. The molecule has 1 aliphatic heterocycles. The summed E-state index contributed by atoms with van der Waals surface area (Å²) in [6, 6.07) is 4.02. The van der Waals surface area contributed by atoms with E-state index in [1.807, 2.05) is 30.5 Å². The van der Waals surface area contributed by atoms with Crippen LogP contribution in [0.2, 0.25) is 0 Å². The van der Waals surface area contributed by atoms with Crippen molar-refractivity contribution in [2.24, 2.45) is 5.92 Å². The van der Waals surface area contributed by atoms with Gasteiger partial charge in [0.25, 0.3) is 0 Å². The van der Waals surface area contributed by atoms with Crippen molar-refractivity contribution in [3.63, 3.8) is 0 Å². The monoisotopic (exact) mass is 562 g/mol. The van der Waals surface area contributed by atoms with Crippen LogP contribution in [0.5, 0.6) is 0 Å². The van der Waals surface area contributed by atoms with Crippen LogP contribution in [0.1, 0.15) is 46.6 Å². The van der Waals surface area contributed by atoms with Crippen LogP contribution in [0.4, 0.5) is 0 Å². The van der Waals surface area contributed by atoms with Crippen molar-refractivity contribution in [1.29, 1.82) is 0 Å². The fourth-order valence-electron chi connectivity index (χ4n) is 3.73. The van der Waals surface area contributed by atoms with E-state index in [2.05, 4.69) is 41.3 Å². The minimum Gasteiger partial charge on any atom is -0.366 e. The molecule has 2 amide bonds. The van der Waals surface area contributed by atoms with Crippen molar-refractivity contribution in [2.45, 2.75) is 47.6 Å². The molecule has 1 aliphatic rings. The highest BCUT2D eigenvalue weighted by Gasteiger charge is 2.26. The lowest BCUT2D eigenvalue weighted by Gasteiger charge is -2.36. The van der Waals surface area contributed by atoms with E-state index in [1.54, 1.807) is 36.3 Å². The van der Waals surface area contributed by atoms with Crippen LogP contribution in [0, 0.1) is 5.92 Å². The van der Waals surface area contributed by atoms with E-state index >= 15 is 0 Å². The van der Waals surface area contributed by atoms with Crippen molar-refractivity contribution in [3.8, 4) is 0 Å². The van der Waals surface area contributed by atoms with Gasteiger partial charge >= 0.3 is 0 Å². The Morgan fingerprint density at radius 2 is 1.86 bits per heavy atom. The number of nitrogens with zero attached hydrogens (tertiary/aromatic N) is 2. The topological polar surface area (TPSA) is 74.3 Å². The van der Waals surface area contributed by atoms with Crippen LogP contribution in [0.25, 0.3) is 0 Å². The lowest BCUT2D eigenvalue weighted by atomic mass is 9.91. The molecule has 2 N–H and O–H groups in total. The Balaban J connectivity index is 2.39. The molecule has 0 atom stereocenters. The van der Waals surface area contributed by atoms with E-state index in [9.17, 15) is 9.59 Å². The third-order valence-electron chi connectivity index (χ3n) is 5.63. The number of amides is 2. The molecular weight excluding hydrogens is 527 g/mol. The van der Waals surface area contributed by atoms with Crippen LogP contribution >= 0.6 is 35.0 Å². The number of hydrogen-bond donors (Lipinski definition) is 2. The normalized spacial score (nSPS) is 15.2. The molecule has 0 saturated carbocycles. The Labute approximate surface area is 235 Å². The Kier molecular flexibility index (Phi) is 13.0. The highest BCUT2D eigenvalue weighted by Crippen LogP contribution is 2.38. The van der Waals surface area contributed by atoms with Gasteiger partial charge in [-0.05, 0) is 72.6 Å². The first kappa shape index (κ1) is 30.7. The molecule has 37 heavy (non-hydrogen) atoms. The zero-order valence-corrected chi connectivity index (χ0v) is 24.4. The number of thioether (sulfide) groups is 1. The van der Waals surface area contributed by atoms with E-state index in [4.69, 9.17) is 23.2 Å². The van der Waals surface area contributed by atoms with Gasteiger partial charge in [-0.2, -0.15) is 0 Å². The molecule has 6 nitrogen and oxygen atoms in total. The number of hydrogen-bond acceptors (Lipinski definition) is 5. The Morgan fingerprint density at radius 3 is 2.49 bits per heavy atom. The number of pyridine rings is 1. The molecule has 2 rings (SSSR count). The van der Waals surface area contributed by atoms with E-state index in [-0.39, 0.29) is 18.4 Å². The lowest BCUT2D eigenvalue weighted by molar-refractivity contribution is -0.124. The van der Waals surface area contributed by atoms with Crippen molar-refractivity contribution >= 4 is 46.8 Å². The molecule has 1 aromatic heterocycles. The maximum atomic E-state index is 12.4. The van der Waals surface area contributed by atoms with Gasteiger partial charge in [0.05, 0.1) is 6.54 Å². The Bertz CT molecular complexity index is 1110. The fourth-order valence-corrected chi connectivity index (χ4v) is 5.12. The highest BCUT2D eigenvalue weighted by molar-refractivity contribution is 8.05. The molecule has 0 aromatic carbocycles. The average molecular weight is 564 g/mol. The van der Waals surface area contributed by atoms with Crippen LogP contribution in [0.15, 0.2) is 80.0 Å². The van der Waals surface area contributed by atoms with Gasteiger partial charge in [0.1, 0.15) is 0 Å². The Morgan fingerprint density at radius 1 is 1.16 bits per heavy atom. The van der Waals surface area contributed by atoms with Gasteiger partial charge in [-0.1, -0.05) is 43.1 Å². The SMILES string of the molecule is C\C=C(Cl)/C=C(Cl)\C=C\SC1=C(CC(C)C)C(CNC(=O)CNC(C)=O)=C(C)N(Cc2ccncc2)C1. The number of carbonyl (C=O) groups is 2. The Hall–Kier alpha value is -2.48. The van der Waals surface area contributed by atoms with E-state index in [0.717, 1.165) is 36.3 Å². The predicted molar refractivity (Wildman–Crippen MR) is 156 cm³/mol. The first-order valence-corrected chi connectivity index (χ1v) is 13.8. The molecule has 0 aliphatic carbocycles.